The smallest absolute Gasteiger partial charge is 0.317 e. The molecule has 2 amide bonds. The molecule has 1 aromatic heterocycles. The average molecular weight is 359 g/mol. The molecule has 1 saturated heterocycles. The summed E-state index contributed by atoms with van der Waals surface area (Å²) >= 11 is 1.65. The number of amides is 2. The van der Waals surface area contributed by atoms with Gasteiger partial charge in [-0.2, -0.15) is 0 Å². The van der Waals surface area contributed by atoms with Crippen LogP contribution in [0.1, 0.15) is 5.56 Å². The molecule has 1 aliphatic rings. The summed E-state index contributed by atoms with van der Waals surface area (Å²) in [6.07, 6.45) is 1.82. The monoisotopic (exact) mass is 359 g/mol. The normalized spacial score (nSPS) is 14.8. The van der Waals surface area contributed by atoms with E-state index in [2.05, 4.69) is 51.4 Å². The largest absolute Gasteiger partial charge is 0.345 e. The van der Waals surface area contributed by atoms with Gasteiger partial charge >= 0.3 is 6.03 Å². The van der Waals surface area contributed by atoms with Crippen LogP contribution >= 0.6 is 11.3 Å². The van der Waals surface area contributed by atoms with Crippen molar-refractivity contribution in [3.05, 3.63) is 47.5 Å². The van der Waals surface area contributed by atoms with Crippen LogP contribution in [0.4, 0.5) is 9.93 Å². The van der Waals surface area contributed by atoms with E-state index in [0.717, 1.165) is 44.4 Å². The van der Waals surface area contributed by atoms with Gasteiger partial charge in [0.1, 0.15) is 0 Å². The van der Waals surface area contributed by atoms with E-state index >= 15 is 0 Å². The zero-order valence-corrected chi connectivity index (χ0v) is 15.4. The molecular weight excluding hydrogens is 334 g/mol. The second kappa shape index (κ2) is 8.82. The highest BCUT2D eigenvalue weighted by Gasteiger charge is 2.22. The number of benzene rings is 1. The van der Waals surface area contributed by atoms with Crippen molar-refractivity contribution >= 4 is 22.5 Å². The van der Waals surface area contributed by atoms with Crippen LogP contribution in [0.2, 0.25) is 0 Å². The zero-order valence-electron chi connectivity index (χ0n) is 14.6. The molecule has 3 rings (SSSR count). The van der Waals surface area contributed by atoms with E-state index in [0.29, 0.717) is 6.54 Å². The zero-order chi connectivity index (χ0) is 17.5. The Morgan fingerprint density at radius 1 is 1.24 bits per heavy atom. The van der Waals surface area contributed by atoms with Gasteiger partial charge in [0.05, 0.1) is 0 Å². The maximum Gasteiger partial charge on any atom is 0.317 e. The highest BCUT2D eigenvalue weighted by Crippen LogP contribution is 2.18. The van der Waals surface area contributed by atoms with Crippen LogP contribution in [-0.4, -0.2) is 67.1 Å². The number of hydrogen-bond acceptors (Lipinski definition) is 5. The Kier molecular flexibility index (Phi) is 6.25. The van der Waals surface area contributed by atoms with E-state index in [9.17, 15) is 4.79 Å². The van der Waals surface area contributed by atoms with Gasteiger partial charge in [-0.05, 0) is 12.6 Å². The number of carbonyl (C=O) groups excluding carboxylic acids is 1. The number of rotatable bonds is 6. The van der Waals surface area contributed by atoms with Gasteiger partial charge in [0.25, 0.3) is 0 Å². The fourth-order valence-electron chi connectivity index (χ4n) is 2.91. The van der Waals surface area contributed by atoms with E-state index in [-0.39, 0.29) is 6.03 Å². The number of thiazole rings is 1. The number of likely N-dealkylation sites (N-methyl/N-ethyl adjacent to an activating group) is 1. The molecule has 2 aromatic rings. The van der Waals surface area contributed by atoms with E-state index < -0.39 is 0 Å². The Balaban J connectivity index is 1.34. The quantitative estimate of drug-likeness (QED) is 0.858. The van der Waals surface area contributed by atoms with E-state index in [1.54, 1.807) is 11.3 Å². The van der Waals surface area contributed by atoms with Crippen LogP contribution in [0.25, 0.3) is 0 Å². The third kappa shape index (κ3) is 5.17. The second-order valence-corrected chi connectivity index (χ2v) is 7.12. The van der Waals surface area contributed by atoms with Crippen molar-refractivity contribution in [2.75, 3.05) is 51.2 Å². The molecule has 6 nitrogen and oxygen atoms in total. The third-order valence-electron chi connectivity index (χ3n) is 4.32. The summed E-state index contributed by atoms with van der Waals surface area (Å²) in [6.45, 7) is 5.55. The lowest BCUT2D eigenvalue weighted by Crippen LogP contribution is -2.52. The van der Waals surface area contributed by atoms with Crippen molar-refractivity contribution in [3.8, 4) is 0 Å². The Labute approximate surface area is 153 Å². The number of nitrogens with one attached hydrogen (secondary N) is 1. The molecule has 1 fully saturated rings. The van der Waals surface area contributed by atoms with Crippen LogP contribution in [0.15, 0.2) is 41.9 Å². The first-order valence-electron chi connectivity index (χ1n) is 8.62. The fourth-order valence-corrected chi connectivity index (χ4v) is 3.61. The predicted molar refractivity (Wildman–Crippen MR) is 102 cm³/mol. The fraction of sp³-hybridized carbons (Fsp3) is 0.444. The molecule has 1 N–H and O–H groups in total. The molecule has 1 aliphatic heterocycles. The summed E-state index contributed by atoms with van der Waals surface area (Å²) in [7, 11) is 2.08. The number of carbonyl (C=O) groups is 1. The van der Waals surface area contributed by atoms with Crippen LogP contribution in [-0.2, 0) is 6.54 Å². The molecule has 7 heteroatoms. The predicted octanol–water partition coefficient (Wildman–Crippen LogP) is 2.11. The number of nitrogens with zero attached hydrogens (tertiary/aromatic N) is 4. The number of anilines is 1. The van der Waals surface area contributed by atoms with Crippen LogP contribution in [0.3, 0.4) is 0 Å². The molecule has 0 saturated carbocycles. The number of hydrogen-bond donors (Lipinski definition) is 1. The van der Waals surface area contributed by atoms with Crippen molar-refractivity contribution in [1.82, 2.24) is 20.1 Å². The van der Waals surface area contributed by atoms with Gasteiger partial charge in [0.15, 0.2) is 5.13 Å². The molecule has 0 radical (unpaired) electrons. The summed E-state index contributed by atoms with van der Waals surface area (Å²) in [6, 6.07) is 10.4. The first-order chi connectivity index (χ1) is 12.2. The van der Waals surface area contributed by atoms with Gasteiger partial charge in [0.2, 0.25) is 0 Å². The Morgan fingerprint density at radius 2 is 2.00 bits per heavy atom. The van der Waals surface area contributed by atoms with E-state index in [1.807, 2.05) is 22.5 Å². The van der Waals surface area contributed by atoms with Crippen LogP contribution in [0.5, 0.6) is 0 Å². The molecule has 2 heterocycles. The van der Waals surface area contributed by atoms with Crippen molar-refractivity contribution in [3.63, 3.8) is 0 Å². The summed E-state index contributed by atoms with van der Waals surface area (Å²) in [5.74, 6) is 0. The SMILES string of the molecule is CN(CCNC(=O)N1CCN(c2nccs2)CC1)Cc1ccccc1. The minimum atomic E-state index is 0.0342. The number of aromatic nitrogens is 1. The Morgan fingerprint density at radius 3 is 2.68 bits per heavy atom. The van der Waals surface area contributed by atoms with Crippen molar-refractivity contribution in [2.45, 2.75) is 6.54 Å². The van der Waals surface area contributed by atoms with Crippen molar-refractivity contribution in [1.29, 1.82) is 0 Å². The molecule has 25 heavy (non-hydrogen) atoms. The van der Waals surface area contributed by atoms with Gasteiger partial charge in [-0.3, -0.25) is 0 Å². The van der Waals surface area contributed by atoms with Gasteiger partial charge in [0, 0.05) is 57.4 Å². The average Bonchev–Trinajstić information content (AvgIpc) is 3.17. The minimum absolute atomic E-state index is 0.0342. The molecular formula is C18H25N5OS. The van der Waals surface area contributed by atoms with Gasteiger partial charge < -0.3 is 20.0 Å². The van der Waals surface area contributed by atoms with Gasteiger partial charge in [-0.25, -0.2) is 9.78 Å². The summed E-state index contributed by atoms with van der Waals surface area (Å²) in [4.78, 5) is 23.0. The maximum absolute atomic E-state index is 12.3. The van der Waals surface area contributed by atoms with Crippen molar-refractivity contribution in [2.24, 2.45) is 0 Å². The molecule has 0 spiro atoms. The van der Waals surface area contributed by atoms with Crippen LogP contribution < -0.4 is 10.2 Å². The standard InChI is InChI=1S/C18H25N5OS/c1-21(15-16-5-3-2-4-6-16)9-7-19-17(24)22-10-12-23(13-11-22)18-20-8-14-25-18/h2-6,8,14H,7,9-13,15H2,1H3,(H,19,24). The van der Waals surface area contributed by atoms with E-state index in [4.69, 9.17) is 0 Å². The topological polar surface area (TPSA) is 51.7 Å². The second-order valence-electron chi connectivity index (χ2n) is 6.24. The van der Waals surface area contributed by atoms with Crippen LogP contribution in [0, 0.1) is 0 Å². The lowest BCUT2D eigenvalue weighted by molar-refractivity contribution is 0.192. The molecule has 134 valence electrons. The molecule has 0 aliphatic carbocycles. The Hall–Kier alpha value is -2.12. The minimum Gasteiger partial charge on any atom is -0.345 e. The third-order valence-corrected chi connectivity index (χ3v) is 5.15. The first-order valence-corrected chi connectivity index (χ1v) is 9.50. The lowest BCUT2D eigenvalue weighted by Gasteiger charge is -2.34. The first kappa shape index (κ1) is 17.7. The van der Waals surface area contributed by atoms with Gasteiger partial charge in [-0.15, -0.1) is 11.3 Å². The molecule has 0 unspecified atom stereocenters. The number of piperazine rings is 1. The summed E-state index contributed by atoms with van der Waals surface area (Å²) in [5, 5.41) is 6.06. The molecule has 0 atom stereocenters. The lowest BCUT2D eigenvalue weighted by atomic mass is 10.2. The highest BCUT2D eigenvalue weighted by molar-refractivity contribution is 7.13. The summed E-state index contributed by atoms with van der Waals surface area (Å²) in [5.41, 5.74) is 1.29. The molecule has 0 bridgehead atoms. The van der Waals surface area contributed by atoms with Gasteiger partial charge in [-0.1, -0.05) is 30.3 Å². The summed E-state index contributed by atoms with van der Waals surface area (Å²) < 4.78 is 0. The highest BCUT2D eigenvalue weighted by atomic mass is 32.1. The Bertz CT molecular complexity index is 641. The maximum atomic E-state index is 12.3. The van der Waals surface area contributed by atoms with E-state index in [1.165, 1.54) is 5.56 Å². The van der Waals surface area contributed by atoms with Crippen molar-refractivity contribution < 1.29 is 4.79 Å². The molecule has 1 aromatic carbocycles. The number of urea groups is 1.